The molecule has 0 atom stereocenters. The molecule has 0 saturated heterocycles. The highest BCUT2D eigenvalue weighted by Crippen LogP contribution is 2.26. The number of ketones is 2. The zero-order chi connectivity index (χ0) is 20.4. The average Bonchev–Trinajstić information content (AvgIpc) is 2.95. The molecule has 0 radical (unpaired) electrons. The zero-order valence-corrected chi connectivity index (χ0v) is 16.9. The van der Waals surface area contributed by atoms with E-state index >= 15 is 0 Å². The smallest absolute Gasteiger partial charge is 0.223 e. The van der Waals surface area contributed by atoms with Gasteiger partial charge in [-0.05, 0) is 44.9 Å². The van der Waals surface area contributed by atoms with Gasteiger partial charge in [-0.3, -0.25) is 9.59 Å². The lowest BCUT2D eigenvalue weighted by Crippen LogP contribution is -2.15. The summed E-state index contributed by atoms with van der Waals surface area (Å²) in [4.78, 5) is 25.5. The summed E-state index contributed by atoms with van der Waals surface area (Å²) in [6.45, 7) is 7.55. The fourth-order valence-corrected chi connectivity index (χ4v) is 3.05. The van der Waals surface area contributed by atoms with E-state index in [-0.39, 0.29) is 18.2 Å². The van der Waals surface area contributed by atoms with E-state index in [1.807, 2.05) is 45.0 Å². The van der Waals surface area contributed by atoms with Gasteiger partial charge in [-0.1, -0.05) is 42.0 Å². The molecule has 5 nitrogen and oxygen atoms in total. The normalized spacial score (nSPS) is 10.8. The van der Waals surface area contributed by atoms with Gasteiger partial charge < -0.3 is 4.74 Å². The van der Waals surface area contributed by atoms with Crippen LogP contribution in [0.15, 0.2) is 42.5 Å². The average molecular weight is 376 g/mol. The van der Waals surface area contributed by atoms with Crippen LogP contribution in [-0.4, -0.2) is 28.0 Å². The van der Waals surface area contributed by atoms with Crippen molar-refractivity contribution in [3.8, 4) is 5.88 Å². The van der Waals surface area contributed by atoms with Gasteiger partial charge in [0.05, 0.1) is 5.69 Å². The fraction of sp³-hybridized carbons (Fsp3) is 0.261. The molecule has 0 unspecified atom stereocenters. The fourth-order valence-electron chi connectivity index (χ4n) is 3.05. The second-order valence-corrected chi connectivity index (χ2v) is 7.10. The maximum atomic E-state index is 13.1. The summed E-state index contributed by atoms with van der Waals surface area (Å²) in [5, 5.41) is 4.32. The van der Waals surface area contributed by atoms with Crippen LogP contribution in [0.25, 0.3) is 0 Å². The molecule has 3 rings (SSSR count). The quantitative estimate of drug-likeness (QED) is 0.607. The summed E-state index contributed by atoms with van der Waals surface area (Å²) in [6.07, 6.45) is 0. The number of carbonyl (C=O) groups is 2. The summed E-state index contributed by atoms with van der Waals surface area (Å²) in [5.74, 6) is -0.00360. The standard InChI is InChI=1S/C23H24N2O3/c1-14-6-9-18(10-7-14)20(26)13-28-23-21(17(4)24-25(23)5)22(27)19-11-8-15(2)16(3)12-19/h6-12H,13H2,1-5H3. The molecule has 5 heteroatoms. The van der Waals surface area contributed by atoms with Gasteiger partial charge in [0.1, 0.15) is 5.56 Å². The number of Topliss-reactive ketones (excluding diaryl/α,β-unsaturated/α-hetero) is 1. The predicted molar refractivity (Wildman–Crippen MR) is 108 cm³/mol. The molecule has 0 spiro atoms. The maximum absolute atomic E-state index is 13.1. The number of hydrogen-bond acceptors (Lipinski definition) is 4. The van der Waals surface area contributed by atoms with Crippen molar-refractivity contribution in [3.63, 3.8) is 0 Å². The van der Waals surface area contributed by atoms with Crippen LogP contribution in [0.2, 0.25) is 0 Å². The third-order valence-electron chi connectivity index (χ3n) is 4.88. The van der Waals surface area contributed by atoms with Crippen LogP contribution in [0.3, 0.4) is 0 Å². The SMILES string of the molecule is Cc1ccc(C(=O)COc2c(C(=O)c3ccc(C)c(C)c3)c(C)nn2C)cc1. The van der Waals surface area contributed by atoms with E-state index in [0.717, 1.165) is 16.7 Å². The zero-order valence-electron chi connectivity index (χ0n) is 16.9. The second-order valence-electron chi connectivity index (χ2n) is 7.10. The first-order valence-corrected chi connectivity index (χ1v) is 9.16. The highest BCUT2D eigenvalue weighted by atomic mass is 16.5. The first-order chi connectivity index (χ1) is 13.3. The molecular formula is C23H24N2O3. The molecule has 0 fully saturated rings. The van der Waals surface area contributed by atoms with Gasteiger partial charge in [0, 0.05) is 18.2 Å². The third kappa shape index (κ3) is 3.88. The van der Waals surface area contributed by atoms with Crippen molar-refractivity contribution >= 4 is 11.6 Å². The summed E-state index contributed by atoms with van der Waals surface area (Å²) in [7, 11) is 1.70. The van der Waals surface area contributed by atoms with E-state index in [1.165, 1.54) is 4.68 Å². The van der Waals surface area contributed by atoms with Gasteiger partial charge >= 0.3 is 0 Å². The summed E-state index contributed by atoms with van der Waals surface area (Å²) >= 11 is 0. The van der Waals surface area contributed by atoms with Crippen molar-refractivity contribution in [3.05, 3.63) is 81.5 Å². The Morgan fingerprint density at radius 3 is 2.21 bits per heavy atom. The maximum Gasteiger partial charge on any atom is 0.223 e. The van der Waals surface area contributed by atoms with Crippen molar-refractivity contribution in [2.24, 2.45) is 7.05 Å². The minimum absolute atomic E-state index is 0.150. The molecule has 0 aliphatic heterocycles. The number of ether oxygens (including phenoxy) is 1. The lowest BCUT2D eigenvalue weighted by Gasteiger charge is -2.09. The summed E-state index contributed by atoms with van der Waals surface area (Å²) in [5.41, 5.74) is 5.37. The van der Waals surface area contributed by atoms with Crippen molar-refractivity contribution < 1.29 is 14.3 Å². The number of nitrogens with zero attached hydrogens (tertiary/aromatic N) is 2. The topological polar surface area (TPSA) is 61.2 Å². The van der Waals surface area contributed by atoms with E-state index < -0.39 is 0 Å². The number of aromatic nitrogens is 2. The molecule has 1 aromatic heterocycles. The van der Waals surface area contributed by atoms with Gasteiger partial charge in [0.25, 0.3) is 0 Å². The minimum atomic E-state index is -0.161. The molecule has 28 heavy (non-hydrogen) atoms. The molecular weight excluding hydrogens is 352 g/mol. The van der Waals surface area contributed by atoms with Gasteiger partial charge in [-0.2, -0.15) is 5.10 Å². The lowest BCUT2D eigenvalue weighted by atomic mass is 9.99. The third-order valence-corrected chi connectivity index (χ3v) is 4.88. The molecule has 0 bridgehead atoms. The number of aryl methyl sites for hydroxylation is 5. The minimum Gasteiger partial charge on any atom is -0.469 e. The van der Waals surface area contributed by atoms with E-state index in [9.17, 15) is 9.59 Å². The molecule has 0 saturated carbocycles. The molecule has 2 aromatic carbocycles. The summed E-state index contributed by atoms with van der Waals surface area (Å²) in [6, 6.07) is 12.9. The van der Waals surface area contributed by atoms with Crippen LogP contribution in [0.4, 0.5) is 0 Å². The highest BCUT2D eigenvalue weighted by Gasteiger charge is 2.24. The van der Waals surface area contributed by atoms with Crippen molar-refractivity contribution in [2.75, 3.05) is 6.61 Å². The van der Waals surface area contributed by atoms with Crippen LogP contribution in [-0.2, 0) is 7.05 Å². The first kappa shape index (κ1) is 19.5. The Labute approximate surface area is 165 Å². The molecule has 3 aromatic rings. The monoisotopic (exact) mass is 376 g/mol. The van der Waals surface area contributed by atoms with Gasteiger partial charge in [0.2, 0.25) is 5.88 Å². The molecule has 0 aliphatic carbocycles. The van der Waals surface area contributed by atoms with Crippen LogP contribution >= 0.6 is 0 Å². The number of rotatable bonds is 6. The van der Waals surface area contributed by atoms with Gasteiger partial charge in [0.15, 0.2) is 18.2 Å². The molecule has 144 valence electrons. The Hall–Kier alpha value is -3.21. The largest absolute Gasteiger partial charge is 0.469 e. The molecule has 0 aliphatic rings. The van der Waals surface area contributed by atoms with Crippen molar-refractivity contribution in [1.82, 2.24) is 9.78 Å². The van der Waals surface area contributed by atoms with Gasteiger partial charge in [-0.25, -0.2) is 4.68 Å². The van der Waals surface area contributed by atoms with E-state index in [4.69, 9.17) is 4.74 Å². The van der Waals surface area contributed by atoms with Crippen LogP contribution < -0.4 is 4.74 Å². The Balaban J connectivity index is 1.86. The molecule has 0 N–H and O–H groups in total. The molecule has 1 heterocycles. The Kier molecular flexibility index (Phi) is 5.45. The molecule has 0 amide bonds. The van der Waals surface area contributed by atoms with Crippen LogP contribution in [0.5, 0.6) is 5.88 Å². The number of hydrogen-bond donors (Lipinski definition) is 0. The van der Waals surface area contributed by atoms with Crippen molar-refractivity contribution in [2.45, 2.75) is 27.7 Å². The Morgan fingerprint density at radius 1 is 0.929 bits per heavy atom. The number of benzene rings is 2. The van der Waals surface area contributed by atoms with E-state index in [1.54, 1.807) is 32.2 Å². The predicted octanol–water partition coefficient (Wildman–Crippen LogP) is 4.15. The second kappa shape index (κ2) is 7.80. The highest BCUT2D eigenvalue weighted by molar-refractivity contribution is 6.11. The van der Waals surface area contributed by atoms with Crippen LogP contribution in [0.1, 0.15) is 48.7 Å². The lowest BCUT2D eigenvalue weighted by molar-refractivity contribution is 0.0908. The Bertz CT molecular complexity index is 1050. The summed E-state index contributed by atoms with van der Waals surface area (Å²) < 4.78 is 7.27. The first-order valence-electron chi connectivity index (χ1n) is 9.16. The number of carbonyl (C=O) groups excluding carboxylic acids is 2. The Morgan fingerprint density at radius 2 is 1.57 bits per heavy atom. The van der Waals surface area contributed by atoms with Crippen molar-refractivity contribution in [1.29, 1.82) is 0 Å². The van der Waals surface area contributed by atoms with Gasteiger partial charge in [-0.15, -0.1) is 0 Å². The van der Waals surface area contributed by atoms with Crippen LogP contribution in [0, 0.1) is 27.7 Å². The van der Waals surface area contributed by atoms with E-state index in [2.05, 4.69) is 5.10 Å². The van der Waals surface area contributed by atoms with E-state index in [0.29, 0.717) is 28.3 Å².